The van der Waals surface area contributed by atoms with Gasteiger partial charge in [-0.05, 0) is 6.42 Å². The van der Waals surface area contributed by atoms with Crippen molar-refractivity contribution in [3.05, 3.63) is 0 Å². The minimum atomic E-state index is -0.897. The molecule has 0 aromatic heterocycles. The van der Waals surface area contributed by atoms with E-state index >= 15 is 0 Å². The zero-order valence-electron chi connectivity index (χ0n) is 12.7. The lowest BCUT2D eigenvalue weighted by Crippen LogP contribution is -2.28. The average Bonchev–Trinajstić information content (AvgIpc) is 2.43. The summed E-state index contributed by atoms with van der Waals surface area (Å²) in [6, 6.07) is 0. The van der Waals surface area contributed by atoms with Crippen molar-refractivity contribution >= 4 is 5.78 Å². The Morgan fingerprint density at radius 2 is 1.42 bits per heavy atom. The van der Waals surface area contributed by atoms with E-state index in [1.165, 1.54) is 44.9 Å². The molecule has 0 amide bonds. The Bertz CT molecular complexity index is 216. The molecule has 0 bridgehead atoms. The molecule has 0 heterocycles. The minimum Gasteiger partial charge on any atom is -0.394 e. The van der Waals surface area contributed by atoms with Gasteiger partial charge in [0.2, 0.25) is 0 Å². The number of ketones is 1. The van der Waals surface area contributed by atoms with E-state index in [9.17, 15) is 9.90 Å². The minimum absolute atomic E-state index is 0.0736. The zero-order chi connectivity index (χ0) is 14.5. The van der Waals surface area contributed by atoms with E-state index < -0.39 is 12.0 Å². The van der Waals surface area contributed by atoms with Crippen LogP contribution in [0, 0.1) is 5.92 Å². The highest BCUT2D eigenvalue weighted by molar-refractivity contribution is 5.81. The fourth-order valence-electron chi connectivity index (χ4n) is 2.21. The van der Waals surface area contributed by atoms with Gasteiger partial charge < -0.3 is 10.2 Å². The van der Waals surface area contributed by atoms with Crippen molar-refractivity contribution in [2.24, 2.45) is 5.92 Å². The number of carbonyl (C=O) groups is 1. The Morgan fingerprint density at radius 3 is 1.89 bits per heavy atom. The maximum absolute atomic E-state index is 11.7. The standard InChI is InChI=1S/C16H32O3/c1-3-4-5-6-7-8-9-10-11-12-15(18)14(2)16(19)13-17/h14,16-17,19H,3-13H2,1-2H3. The third kappa shape index (κ3) is 10.1. The van der Waals surface area contributed by atoms with Crippen LogP contribution in [0.4, 0.5) is 0 Å². The monoisotopic (exact) mass is 272 g/mol. The van der Waals surface area contributed by atoms with Crippen molar-refractivity contribution in [2.75, 3.05) is 6.61 Å². The van der Waals surface area contributed by atoms with Crippen LogP contribution in [0.2, 0.25) is 0 Å². The van der Waals surface area contributed by atoms with Crippen molar-refractivity contribution in [1.82, 2.24) is 0 Å². The fourth-order valence-corrected chi connectivity index (χ4v) is 2.21. The predicted octanol–water partition coefficient (Wildman–Crippen LogP) is 3.47. The third-order valence-corrected chi connectivity index (χ3v) is 3.80. The Balaban J connectivity index is 3.36. The second kappa shape index (κ2) is 12.6. The summed E-state index contributed by atoms with van der Waals surface area (Å²) in [6.45, 7) is 3.59. The number of hydrogen-bond donors (Lipinski definition) is 2. The van der Waals surface area contributed by atoms with E-state index in [1.807, 2.05) is 0 Å². The Kier molecular flexibility index (Phi) is 12.3. The zero-order valence-corrected chi connectivity index (χ0v) is 12.7. The molecule has 0 saturated carbocycles. The number of unbranched alkanes of at least 4 members (excludes halogenated alkanes) is 8. The molecule has 0 aliphatic heterocycles. The van der Waals surface area contributed by atoms with Crippen LogP contribution >= 0.6 is 0 Å². The Hall–Kier alpha value is -0.410. The molecule has 0 aliphatic rings. The average molecular weight is 272 g/mol. The van der Waals surface area contributed by atoms with Crippen LogP contribution in [0.1, 0.15) is 78.1 Å². The summed E-state index contributed by atoms with van der Waals surface area (Å²) in [6.07, 6.45) is 10.8. The summed E-state index contributed by atoms with van der Waals surface area (Å²) >= 11 is 0. The predicted molar refractivity (Wildman–Crippen MR) is 79.1 cm³/mol. The van der Waals surface area contributed by atoms with Crippen molar-refractivity contribution in [2.45, 2.75) is 84.2 Å². The molecule has 0 aliphatic carbocycles. The van der Waals surface area contributed by atoms with Crippen LogP contribution < -0.4 is 0 Å². The van der Waals surface area contributed by atoms with Crippen molar-refractivity contribution < 1.29 is 15.0 Å². The van der Waals surface area contributed by atoms with E-state index in [0.717, 1.165) is 12.8 Å². The summed E-state index contributed by atoms with van der Waals surface area (Å²) in [5.41, 5.74) is 0. The molecule has 0 radical (unpaired) electrons. The number of Topliss-reactive ketones (excluding diaryl/α,β-unsaturated/α-hetero) is 1. The Labute approximate surface area is 118 Å². The summed E-state index contributed by atoms with van der Waals surface area (Å²) in [7, 11) is 0. The molecule has 2 N–H and O–H groups in total. The van der Waals surface area contributed by atoms with Gasteiger partial charge in [-0.1, -0.05) is 65.2 Å². The summed E-state index contributed by atoms with van der Waals surface area (Å²) in [5, 5.41) is 18.2. The molecule has 0 saturated heterocycles. The highest BCUT2D eigenvalue weighted by Crippen LogP contribution is 2.13. The first kappa shape index (κ1) is 18.6. The smallest absolute Gasteiger partial charge is 0.138 e. The van der Waals surface area contributed by atoms with Crippen molar-refractivity contribution in [3.63, 3.8) is 0 Å². The molecular formula is C16H32O3. The molecule has 114 valence electrons. The quantitative estimate of drug-likeness (QED) is 0.505. The molecule has 2 unspecified atom stereocenters. The first-order valence-corrected chi connectivity index (χ1v) is 7.95. The second-order valence-electron chi connectivity index (χ2n) is 5.58. The topological polar surface area (TPSA) is 57.5 Å². The van der Waals surface area contributed by atoms with Gasteiger partial charge in [-0.3, -0.25) is 4.79 Å². The van der Waals surface area contributed by atoms with E-state index in [4.69, 9.17) is 5.11 Å². The van der Waals surface area contributed by atoms with E-state index in [1.54, 1.807) is 6.92 Å². The van der Waals surface area contributed by atoms with Crippen LogP contribution in [0.15, 0.2) is 0 Å². The van der Waals surface area contributed by atoms with Gasteiger partial charge in [0.25, 0.3) is 0 Å². The fraction of sp³-hybridized carbons (Fsp3) is 0.938. The third-order valence-electron chi connectivity index (χ3n) is 3.80. The molecule has 2 atom stereocenters. The molecule has 0 aromatic carbocycles. The lowest BCUT2D eigenvalue weighted by Gasteiger charge is -2.15. The molecule has 0 aromatic rings. The number of aliphatic hydroxyl groups excluding tert-OH is 2. The van der Waals surface area contributed by atoms with Crippen LogP contribution in [-0.2, 0) is 4.79 Å². The molecule has 3 nitrogen and oxygen atoms in total. The second-order valence-corrected chi connectivity index (χ2v) is 5.58. The highest BCUT2D eigenvalue weighted by atomic mass is 16.3. The SMILES string of the molecule is CCCCCCCCCCCC(=O)C(C)C(O)CO. The highest BCUT2D eigenvalue weighted by Gasteiger charge is 2.20. The maximum Gasteiger partial charge on any atom is 0.138 e. The van der Waals surface area contributed by atoms with Gasteiger partial charge in [0.15, 0.2) is 0 Å². The van der Waals surface area contributed by atoms with Gasteiger partial charge in [0.05, 0.1) is 12.7 Å². The summed E-state index contributed by atoms with van der Waals surface area (Å²) in [4.78, 5) is 11.7. The first-order valence-electron chi connectivity index (χ1n) is 7.95. The number of aliphatic hydroxyl groups is 2. The van der Waals surface area contributed by atoms with E-state index in [-0.39, 0.29) is 12.4 Å². The van der Waals surface area contributed by atoms with E-state index in [0.29, 0.717) is 6.42 Å². The van der Waals surface area contributed by atoms with Gasteiger partial charge in [0, 0.05) is 12.3 Å². The van der Waals surface area contributed by atoms with Crippen molar-refractivity contribution in [3.8, 4) is 0 Å². The van der Waals surface area contributed by atoms with Gasteiger partial charge in [-0.2, -0.15) is 0 Å². The lowest BCUT2D eigenvalue weighted by atomic mass is 9.95. The van der Waals surface area contributed by atoms with Gasteiger partial charge in [-0.15, -0.1) is 0 Å². The number of hydrogen-bond acceptors (Lipinski definition) is 3. The lowest BCUT2D eigenvalue weighted by molar-refractivity contribution is -0.126. The molecule has 3 heteroatoms. The molecule has 0 spiro atoms. The number of rotatable bonds is 13. The largest absolute Gasteiger partial charge is 0.394 e. The van der Waals surface area contributed by atoms with Crippen LogP contribution in [0.5, 0.6) is 0 Å². The van der Waals surface area contributed by atoms with Gasteiger partial charge in [-0.25, -0.2) is 0 Å². The molecule has 0 rings (SSSR count). The van der Waals surface area contributed by atoms with Crippen LogP contribution in [0.3, 0.4) is 0 Å². The van der Waals surface area contributed by atoms with Crippen molar-refractivity contribution in [1.29, 1.82) is 0 Å². The summed E-state index contributed by atoms with van der Waals surface area (Å²) in [5.74, 6) is -0.358. The molecule has 0 fully saturated rings. The summed E-state index contributed by atoms with van der Waals surface area (Å²) < 4.78 is 0. The van der Waals surface area contributed by atoms with Crippen LogP contribution in [-0.4, -0.2) is 28.7 Å². The first-order chi connectivity index (χ1) is 9.13. The molecular weight excluding hydrogens is 240 g/mol. The van der Waals surface area contributed by atoms with Gasteiger partial charge >= 0.3 is 0 Å². The Morgan fingerprint density at radius 1 is 0.947 bits per heavy atom. The maximum atomic E-state index is 11.7. The van der Waals surface area contributed by atoms with E-state index in [2.05, 4.69) is 6.92 Å². The van der Waals surface area contributed by atoms with Crippen LogP contribution in [0.25, 0.3) is 0 Å². The number of carbonyl (C=O) groups excluding carboxylic acids is 1. The van der Waals surface area contributed by atoms with Gasteiger partial charge in [0.1, 0.15) is 5.78 Å². The molecule has 19 heavy (non-hydrogen) atoms. The normalized spacial score (nSPS) is 14.3.